The highest BCUT2D eigenvalue weighted by Crippen LogP contribution is 2.23. The molecule has 1 unspecified atom stereocenters. The lowest BCUT2D eigenvalue weighted by Gasteiger charge is -2.31. The van der Waals surface area contributed by atoms with E-state index in [9.17, 15) is 14.4 Å². The number of ether oxygens (including phenoxy) is 1. The number of benzene rings is 1. The molecule has 1 atom stereocenters. The average Bonchev–Trinajstić information content (AvgIpc) is 2.67. The smallest absolute Gasteiger partial charge is 0.306 e. The number of piperidine rings is 1. The van der Waals surface area contributed by atoms with Crippen LogP contribution in [-0.4, -0.2) is 66.5 Å². The van der Waals surface area contributed by atoms with Gasteiger partial charge in [-0.25, -0.2) is 0 Å². The first kappa shape index (κ1) is 20.7. The summed E-state index contributed by atoms with van der Waals surface area (Å²) in [6, 6.07) is 7.61. The number of nitrogens with zero attached hydrogens (tertiary/aromatic N) is 2. The van der Waals surface area contributed by atoms with E-state index in [0.717, 1.165) is 11.3 Å². The fraction of sp³-hybridized carbons (Fsp3) is 0.550. The van der Waals surface area contributed by atoms with E-state index < -0.39 is 5.97 Å². The molecule has 0 spiro atoms. The molecule has 0 aromatic heterocycles. The van der Waals surface area contributed by atoms with Crippen LogP contribution in [0.25, 0.3) is 0 Å². The number of carboxylic acids is 1. The zero-order valence-electron chi connectivity index (χ0n) is 16.2. The third kappa shape index (κ3) is 5.70. The highest BCUT2D eigenvalue weighted by atomic mass is 16.5. The molecule has 7 nitrogen and oxygen atoms in total. The number of likely N-dealkylation sites (tertiary alicyclic amines) is 1. The fourth-order valence-electron chi connectivity index (χ4n) is 3.23. The molecule has 2 rings (SSSR count). The minimum atomic E-state index is -0.804. The van der Waals surface area contributed by atoms with Gasteiger partial charge in [-0.1, -0.05) is 19.1 Å². The Hall–Kier alpha value is -2.57. The summed E-state index contributed by atoms with van der Waals surface area (Å²) >= 11 is 0. The third-order valence-electron chi connectivity index (χ3n) is 5.16. The Labute approximate surface area is 159 Å². The van der Waals surface area contributed by atoms with Crippen molar-refractivity contribution in [1.29, 1.82) is 0 Å². The Morgan fingerprint density at radius 3 is 2.33 bits per heavy atom. The van der Waals surface area contributed by atoms with Crippen LogP contribution in [0, 0.1) is 5.92 Å². The molecule has 27 heavy (non-hydrogen) atoms. The molecular weight excluding hydrogens is 348 g/mol. The predicted molar refractivity (Wildman–Crippen MR) is 101 cm³/mol. The number of hydrogen-bond acceptors (Lipinski definition) is 4. The lowest BCUT2D eigenvalue weighted by molar-refractivity contribution is -0.146. The van der Waals surface area contributed by atoms with Crippen molar-refractivity contribution < 1.29 is 24.2 Å². The van der Waals surface area contributed by atoms with Crippen LogP contribution in [0.4, 0.5) is 0 Å². The predicted octanol–water partition coefficient (Wildman–Crippen LogP) is 1.97. The molecule has 1 saturated heterocycles. The van der Waals surface area contributed by atoms with Crippen molar-refractivity contribution in [2.45, 2.75) is 32.1 Å². The zero-order chi connectivity index (χ0) is 20.0. The van der Waals surface area contributed by atoms with E-state index in [0.29, 0.717) is 32.4 Å². The van der Waals surface area contributed by atoms with Crippen molar-refractivity contribution in [2.75, 3.05) is 33.8 Å². The second kappa shape index (κ2) is 9.39. The minimum absolute atomic E-state index is 0.0197. The Bertz CT molecular complexity index is 665. The second-order valence-corrected chi connectivity index (χ2v) is 7.12. The Morgan fingerprint density at radius 2 is 1.81 bits per heavy atom. The van der Waals surface area contributed by atoms with Gasteiger partial charge in [0, 0.05) is 26.6 Å². The topological polar surface area (TPSA) is 87.2 Å². The third-order valence-corrected chi connectivity index (χ3v) is 5.16. The largest absolute Gasteiger partial charge is 0.497 e. The first-order valence-corrected chi connectivity index (χ1v) is 9.20. The van der Waals surface area contributed by atoms with Crippen LogP contribution in [0.1, 0.15) is 37.7 Å². The maximum Gasteiger partial charge on any atom is 0.306 e. The number of carbonyl (C=O) groups is 3. The maximum atomic E-state index is 12.5. The number of hydrogen-bond donors (Lipinski definition) is 1. The van der Waals surface area contributed by atoms with Gasteiger partial charge in [0.1, 0.15) is 5.75 Å². The van der Waals surface area contributed by atoms with E-state index in [1.54, 1.807) is 19.1 Å². The van der Waals surface area contributed by atoms with E-state index in [1.807, 2.05) is 31.2 Å². The van der Waals surface area contributed by atoms with Crippen molar-refractivity contribution in [2.24, 2.45) is 5.92 Å². The molecule has 0 saturated carbocycles. The number of likely N-dealkylation sites (N-methyl/N-ethyl adjacent to an activating group) is 1. The summed E-state index contributed by atoms with van der Waals surface area (Å²) in [6.07, 6.45) is 1.25. The standard InChI is InChI=1S/C20H28N2O5/c1-14(15-4-6-17(27-3)7-5-15)12-18(23)21(2)13-19(24)22-10-8-16(9-11-22)20(25)26/h4-7,14,16H,8-13H2,1-3H3,(H,25,26). The van der Waals surface area contributed by atoms with Crippen molar-refractivity contribution in [3.63, 3.8) is 0 Å². The average molecular weight is 376 g/mol. The molecule has 1 aromatic rings. The van der Waals surface area contributed by atoms with Gasteiger partial charge in [0.2, 0.25) is 11.8 Å². The van der Waals surface area contributed by atoms with Gasteiger partial charge in [-0.3, -0.25) is 14.4 Å². The number of methoxy groups -OCH3 is 1. The lowest BCUT2D eigenvalue weighted by atomic mass is 9.96. The quantitative estimate of drug-likeness (QED) is 0.786. The number of amides is 2. The summed E-state index contributed by atoms with van der Waals surface area (Å²) in [5, 5.41) is 9.03. The number of carbonyl (C=O) groups excluding carboxylic acids is 2. The monoisotopic (exact) mass is 376 g/mol. The Morgan fingerprint density at radius 1 is 1.22 bits per heavy atom. The van der Waals surface area contributed by atoms with Gasteiger partial charge in [0.05, 0.1) is 19.6 Å². The van der Waals surface area contributed by atoms with Gasteiger partial charge in [0.25, 0.3) is 0 Å². The van der Waals surface area contributed by atoms with Gasteiger partial charge in [-0.15, -0.1) is 0 Å². The second-order valence-electron chi connectivity index (χ2n) is 7.12. The van der Waals surface area contributed by atoms with Gasteiger partial charge < -0.3 is 19.6 Å². The van der Waals surface area contributed by atoms with Crippen molar-refractivity contribution >= 4 is 17.8 Å². The van der Waals surface area contributed by atoms with E-state index in [2.05, 4.69) is 0 Å². The van der Waals surface area contributed by atoms with E-state index in [-0.39, 0.29) is 30.2 Å². The van der Waals surface area contributed by atoms with Gasteiger partial charge in [0.15, 0.2) is 0 Å². The number of rotatable bonds is 7. The Kier molecular flexibility index (Phi) is 7.21. The molecular formula is C20H28N2O5. The number of carboxylic acid groups (broad SMARTS) is 1. The van der Waals surface area contributed by atoms with Crippen molar-refractivity contribution in [3.05, 3.63) is 29.8 Å². The molecule has 7 heteroatoms. The summed E-state index contributed by atoms with van der Waals surface area (Å²) in [5.74, 6) is -0.599. The highest BCUT2D eigenvalue weighted by molar-refractivity contribution is 5.85. The first-order chi connectivity index (χ1) is 12.8. The molecule has 1 heterocycles. The summed E-state index contributed by atoms with van der Waals surface area (Å²) < 4.78 is 5.14. The van der Waals surface area contributed by atoms with E-state index in [1.165, 1.54) is 4.90 Å². The summed E-state index contributed by atoms with van der Waals surface area (Å²) in [7, 11) is 3.24. The molecule has 1 fully saturated rings. The van der Waals surface area contributed by atoms with Crippen LogP contribution in [-0.2, 0) is 14.4 Å². The minimum Gasteiger partial charge on any atom is -0.497 e. The Balaban J connectivity index is 1.82. The summed E-state index contributed by atoms with van der Waals surface area (Å²) in [4.78, 5) is 38.9. The molecule has 0 radical (unpaired) electrons. The fourth-order valence-corrected chi connectivity index (χ4v) is 3.23. The SMILES string of the molecule is COc1ccc(C(C)CC(=O)N(C)CC(=O)N2CCC(C(=O)O)CC2)cc1. The van der Waals surface area contributed by atoms with Gasteiger partial charge in [-0.05, 0) is 36.5 Å². The van der Waals surface area contributed by atoms with Gasteiger partial charge in [-0.2, -0.15) is 0 Å². The highest BCUT2D eigenvalue weighted by Gasteiger charge is 2.28. The molecule has 1 aromatic carbocycles. The molecule has 148 valence electrons. The molecule has 1 N–H and O–H groups in total. The molecule has 0 bridgehead atoms. The molecule has 2 amide bonds. The normalized spacial score (nSPS) is 15.9. The molecule has 1 aliphatic rings. The summed E-state index contributed by atoms with van der Waals surface area (Å²) in [5.41, 5.74) is 1.04. The van der Waals surface area contributed by atoms with Crippen LogP contribution < -0.4 is 4.74 Å². The van der Waals surface area contributed by atoms with Crippen LogP contribution >= 0.6 is 0 Å². The van der Waals surface area contributed by atoms with Crippen LogP contribution in [0.2, 0.25) is 0 Å². The van der Waals surface area contributed by atoms with Crippen molar-refractivity contribution in [3.8, 4) is 5.75 Å². The van der Waals surface area contributed by atoms with Gasteiger partial charge >= 0.3 is 5.97 Å². The van der Waals surface area contributed by atoms with Crippen LogP contribution in [0.15, 0.2) is 24.3 Å². The number of aliphatic carboxylic acids is 1. The zero-order valence-corrected chi connectivity index (χ0v) is 16.2. The van der Waals surface area contributed by atoms with E-state index >= 15 is 0 Å². The maximum absolute atomic E-state index is 12.5. The first-order valence-electron chi connectivity index (χ1n) is 9.20. The molecule has 0 aliphatic carbocycles. The molecule has 1 aliphatic heterocycles. The van der Waals surface area contributed by atoms with E-state index in [4.69, 9.17) is 9.84 Å². The van der Waals surface area contributed by atoms with Crippen molar-refractivity contribution in [1.82, 2.24) is 9.80 Å². The summed E-state index contributed by atoms with van der Waals surface area (Å²) in [6.45, 7) is 2.86. The van der Waals surface area contributed by atoms with Crippen LogP contribution in [0.5, 0.6) is 5.75 Å². The van der Waals surface area contributed by atoms with Crippen LogP contribution in [0.3, 0.4) is 0 Å². The lowest BCUT2D eigenvalue weighted by Crippen LogP contribution is -2.45.